The largest absolute Gasteiger partial charge is 0.459 e. The van der Waals surface area contributed by atoms with E-state index in [1.165, 1.54) is 14.2 Å². The van der Waals surface area contributed by atoms with Crippen LogP contribution >= 0.6 is 0 Å². The molecule has 1 aliphatic heterocycles. The van der Waals surface area contributed by atoms with Gasteiger partial charge in [0, 0.05) is 14.2 Å². The molecular weight excluding hydrogens is 264 g/mol. The highest BCUT2D eigenvalue weighted by molar-refractivity contribution is 5.91. The van der Waals surface area contributed by atoms with Crippen LogP contribution in [0, 0.1) is 0 Å². The molecule has 0 spiro atoms. The minimum Gasteiger partial charge on any atom is -0.459 e. The van der Waals surface area contributed by atoms with E-state index in [2.05, 4.69) is 0 Å². The van der Waals surface area contributed by atoms with E-state index >= 15 is 0 Å². The van der Waals surface area contributed by atoms with Crippen LogP contribution in [0.25, 0.3) is 0 Å². The molecular formula is C14H16O6. The average molecular weight is 280 g/mol. The molecule has 0 aliphatic carbocycles. The highest BCUT2D eigenvalue weighted by Crippen LogP contribution is 2.20. The maximum Gasteiger partial charge on any atom is 0.338 e. The van der Waals surface area contributed by atoms with Gasteiger partial charge in [-0.15, -0.1) is 0 Å². The summed E-state index contributed by atoms with van der Waals surface area (Å²) in [6.45, 7) is -0.160. The lowest BCUT2D eigenvalue weighted by atomic mass is 10.2. The third kappa shape index (κ3) is 3.04. The predicted molar refractivity (Wildman–Crippen MR) is 68.2 cm³/mol. The summed E-state index contributed by atoms with van der Waals surface area (Å²) in [6, 6.07) is 8.53. The Kier molecular flexibility index (Phi) is 4.84. The number of benzene rings is 1. The SMILES string of the molecule is COC1C(=O)[C@@H](COC(=O)c2ccccc2)O[C@H]1OC. The van der Waals surface area contributed by atoms with Crippen molar-refractivity contribution < 1.29 is 28.5 Å². The summed E-state index contributed by atoms with van der Waals surface area (Å²) in [4.78, 5) is 23.7. The molecule has 6 nitrogen and oxygen atoms in total. The molecule has 0 bridgehead atoms. The Balaban J connectivity index is 1.92. The second kappa shape index (κ2) is 6.60. The summed E-state index contributed by atoms with van der Waals surface area (Å²) in [7, 11) is 2.82. The molecule has 0 radical (unpaired) electrons. The summed E-state index contributed by atoms with van der Waals surface area (Å²) in [6.07, 6.45) is -2.43. The van der Waals surface area contributed by atoms with Gasteiger partial charge < -0.3 is 18.9 Å². The van der Waals surface area contributed by atoms with E-state index in [0.717, 1.165) is 0 Å². The third-order valence-electron chi connectivity index (χ3n) is 3.00. The lowest BCUT2D eigenvalue weighted by molar-refractivity contribution is -0.159. The van der Waals surface area contributed by atoms with E-state index in [-0.39, 0.29) is 12.4 Å². The third-order valence-corrected chi connectivity index (χ3v) is 3.00. The molecule has 1 aliphatic rings. The van der Waals surface area contributed by atoms with Crippen molar-refractivity contribution in [3.05, 3.63) is 35.9 Å². The van der Waals surface area contributed by atoms with Gasteiger partial charge >= 0.3 is 5.97 Å². The zero-order valence-electron chi connectivity index (χ0n) is 11.3. The topological polar surface area (TPSA) is 71.1 Å². The van der Waals surface area contributed by atoms with E-state index in [1.54, 1.807) is 30.3 Å². The van der Waals surface area contributed by atoms with Gasteiger partial charge in [-0.05, 0) is 12.1 Å². The van der Waals surface area contributed by atoms with Crippen LogP contribution < -0.4 is 0 Å². The number of esters is 1. The minimum atomic E-state index is -0.863. The fourth-order valence-corrected chi connectivity index (χ4v) is 1.95. The van der Waals surface area contributed by atoms with Gasteiger partial charge in [-0.2, -0.15) is 0 Å². The molecule has 1 aromatic rings. The van der Waals surface area contributed by atoms with Gasteiger partial charge in [-0.1, -0.05) is 18.2 Å². The Morgan fingerprint density at radius 3 is 2.45 bits per heavy atom. The summed E-state index contributed by atoms with van der Waals surface area (Å²) >= 11 is 0. The first-order valence-electron chi connectivity index (χ1n) is 6.14. The Hall–Kier alpha value is -1.76. The molecule has 2 rings (SSSR count). The van der Waals surface area contributed by atoms with Crippen molar-refractivity contribution in [2.45, 2.75) is 18.5 Å². The normalized spacial score (nSPS) is 25.7. The molecule has 0 aromatic heterocycles. The van der Waals surface area contributed by atoms with Gasteiger partial charge in [0.1, 0.15) is 6.61 Å². The van der Waals surface area contributed by atoms with Crippen LogP contribution in [-0.4, -0.2) is 51.1 Å². The number of ether oxygens (including phenoxy) is 4. The van der Waals surface area contributed by atoms with Crippen LogP contribution in [0.2, 0.25) is 0 Å². The number of methoxy groups -OCH3 is 2. The van der Waals surface area contributed by atoms with Gasteiger partial charge in [0.2, 0.25) is 0 Å². The van der Waals surface area contributed by atoms with E-state index < -0.39 is 24.5 Å². The van der Waals surface area contributed by atoms with Crippen molar-refractivity contribution in [3.63, 3.8) is 0 Å². The number of carbonyl (C=O) groups is 2. The van der Waals surface area contributed by atoms with Gasteiger partial charge in [-0.25, -0.2) is 4.79 Å². The Bertz CT molecular complexity index is 472. The molecule has 3 atom stereocenters. The van der Waals surface area contributed by atoms with Crippen molar-refractivity contribution in [1.82, 2.24) is 0 Å². The zero-order valence-corrected chi connectivity index (χ0v) is 11.3. The minimum absolute atomic E-state index is 0.160. The predicted octanol–water partition coefficient (Wildman–Crippen LogP) is 0.799. The van der Waals surface area contributed by atoms with Gasteiger partial charge in [-0.3, -0.25) is 4.79 Å². The Morgan fingerprint density at radius 2 is 1.90 bits per heavy atom. The molecule has 6 heteroatoms. The van der Waals surface area contributed by atoms with Gasteiger partial charge in [0.05, 0.1) is 5.56 Å². The number of hydrogen-bond donors (Lipinski definition) is 0. The summed E-state index contributed by atoms with van der Waals surface area (Å²) in [5.41, 5.74) is 0.421. The molecule has 1 saturated heterocycles. The monoisotopic (exact) mass is 280 g/mol. The van der Waals surface area contributed by atoms with Crippen LogP contribution in [0.3, 0.4) is 0 Å². The van der Waals surface area contributed by atoms with Crippen molar-refractivity contribution in [2.75, 3.05) is 20.8 Å². The van der Waals surface area contributed by atoms with Crippen molar-refractivity contribution in [1.29, 1.82) is 0 Å². The standard InChI is InChI=1S/C14H16O6/c1-17-12-11(15)10(20-14(12)18-2)8-19-13(16)9-6-4-3-5-7-9/h3-7,10,12,14H,8H2,1-2H3/t10-,12?,14-/m1/s1. The molecule has 1 aromatic carbocycles. The molecule has 1 heterocycles. The smallest absolute Gasteiger partial charge is 0.338 e. The van der Waals surface area contributed by atoms with E-state index in [0.29, 0.717) is 5.56 Å². The number of carbonyl (C=O) groups excluding carboxylic acids is 2. The highest BCUT2D eigenvalue weighted by atomic mass is 16.7. The molecule has 0 amide bonds. The molecule has 1 fully saturated rings. The maximum absolute atomic E-state index is 11.9. The molecule has 1 unspecified atom stereocenters. The highest BCUT2D eigenvalue weighted by Gasteiger charge is 2.44. The van der Waals surface area contributed by atoms with Crippen molar-refractivity contribution >= 4 is 11.8 Å². The van der Waals surface area contributed by atoms with Crippen LogP contribution in [0.5, 0.6) is 0 Å². The summed E-state index contributed by atoms with van der Waals surface area (Å²) in [5, 5.41) is 0. The number of rotatable bonds is 5. The quantitative estimate of drug-likeness (QED) is 0.743. The molecule has 20 heavy (non-hydrogen) atoms. The van der Waals surface area contributed by atoms with E-state index in [1.807, 2.05) is 0 Å². The van der Waals surface area contributed by atoms with Gasteiger partial charge in [0.25, 0.3) is 0 Å². The second-order valence-corrected chi connectivity index (χ2v) is 4.25. The first-order chi connectivity index (χ1) is 9.67. The van der Waals surface area contributed by atoms with Crippen LogP contribution in [0.4, 0.5) is 0 Å². The summed E-state index contributed by atoms with van der Waals surface area (Å²) < 4.78 is 20.4. The lowest BCUT2D eigenvalue weighted by Gasteiger charge is -2.13. The summed E-state index contributed by atoms with van der Waals surface area (Å²) in [5.74, 6) is -0.794. The number of ketones is 1. The fraction of sp³-hybridized carbons (Fsp3) is 0.429. The molecule has 0 saturated carbocycles. The first kappa shape index (κ1) is 14.6. The first-order valence-corrected chi connectivity index (χ1v) is 6.14. The Morgan fingerprint density at radius 1 is 1.20 bits per heavy atom. The molecule has 0 N–H and O–H groups in total. The van der Waals surface area contributed by atoms with Crippen LogP contribution in [0.15, 0.2) is 30.3 Å². The van der Waals surface area contributed by atoms with Crippen molar-refractivity contribution in [3.8, 4) is 0 Å². The van der Waals surface area contributed by atoms with Crippen LogP contribution in [-0.2, 0) is 23.7 Å². The Labute approximate surface area is 116 Å². The zero-order chi connectivity index (χ0) is 14.5. The molecule has 108 valence electrons. The average Bonchev–Trinajstić information content (AvgIpc) is 2.81. The van der Waals surface area contributed by atoms with E-state index in [4.69, 9.17) is 18.9 Å². The van der Waals surface area contributed by atoms with E-state index in [9.17, 15) is 9.59 Å². The maximum atomic E-state index is 11.9. The van der Waals surface area contributed by atoms with Gasteiger partial charge in [0.15, 0.2) is 24.3 Å². The number of hydrogen-bond acceptors (Lipinski definition) is 6. The number of Topliss-reactive ketones (excluding diaryl/α,β-unsaturated/α-hetero) is 1. The van der Waals surface area contributed by atoms with Crippen molar-refractivity contribution in [2.24, 2.45) is 0 Å². The lowest BCUT2D eigenvalue weighted by Crippen LogP contribution is -2.32. The van der Waals surface area contributed by atoms with Crippen LogP contribution in [0.1, 0.15) is 10.4 Å². The fourth-order valence-electron chi connectivity index (χ4n) is 1.95. The second-order valence-electron chi connectivity index (χ2n) is 4.25.